The maximum Gasteiger partial charge on any atom is 0.336 e. The van der Waals surface area contributed by atoms with E-state index in [0.717, 1.165) is 0 Å². The Hall–Kier alpha value is -1.84. The Bertz CT molecular complexity index is 360. The van der Waals surface area contributed by atoms with Crippen LogP contribution in [0.25, 0.3) is 0 Å². The molecule has 1 aromatic rings. The second-order valence-electron chi connectivity index (χ2n) is 2.61. The maximum absolute atomic E-state index is 10.8. The lowest BCUT2D eigenvalue weighted by Gasteiger charge is -2.07. The fraction of sp³-hybridized carbons (Fsp3) is 0.200. The first-order valence-corrected chi connectivity index (χ1v) is 4.20. The van der Waals surface area contributed by atoms with Crippen molar-refractivity contribution in [3.8, 4) is 0 Å². The monoisotopic (exact) mass is 193 g/mol. The number of nitrogens with one attached hydrogen (secondary N) is 1. The van der Waals surface area contributed by atoms with Gasteiger partial charge >= 0.3 is 5.97 Å². The second kappa shape index (κ2) is 4.41. The van der Waals surface area contributed by atoms with Gasteiger partial charge in [0.2, 0.25) is 5.90 Å². The van der Waals surface area contributed by atoms with Crippen molar-refractivity contribution in [1.29, 1.82) is 5.41 Å². The van der Waals surface area contributed by atoms with Gasteiger partial charge in [0.15, 0.2) is 0 Å². The van der Waals surface area contributed by atoms with Crippen molar-refractivity contribution in [2.45, 2.75) is 6.92 Å². The zero-order valence-corrected chi connectivity index (χ0v) is 7.78. The van der Waals surface area contributed by atoms with Gasteiger partial charge in [-0.3, -0.25) is 5.41 Å². The van der Waals surface area contributed by atoms with E-state index < -0.39 is 5.97 Å². The van der Waals surface area contributed by atoms with Gasteiger partial charge in [-0.2, -0.15) is 0 Å². The van der Waals surface area contributed by atoms with Crippen molar-refractivity contribution >= 4 is 11.9 Å². The van der Waals surface area contributed by atoms with E-state index in [1.807, 2.05) is 0 Å². The molecule has 0 aliphatic heterocycles. The third-order valence-electron chi connectivity index (χ3n) is 1.69. The minimum absolute atomic E-state index is 0.0888. The Balaban J connectivity index is 3.07. The Morgan fingerprint density at radius 1 is 1.43 bits per heavy atom. The molecule has 1 rings (SSSR count). The van der Waals surface area contributed by atoms with E-state index in [2.05, 4.69) is 0 Å². The molecule has 0 unspecified atom stereocenters. The number of carbonyl (C=O) groups is 1. The molecule has 74 valence electrons. The first-order valence-electron chi connectivity index (χ1n) is 4.20. The highest BCUT2D eigenvalue weighted by Crippen LogP contribution is 2.09. The van der Waals surface area contributed by atoms with Crippen LogP contribution in [0.4, 0.5) is 0 Å². The molecule has 0 heterocycles. The third-order valence-corrected chi connectivity index (χ3v) is 1.69. The average molecular weight is 193 g/mol. The third kappa shape index (κ3) is 2.10. The van der Waals surface area contributed by atoms with Crippen LogP contribution in [0.2, 0.25) is 0 Å². The molecular formula is C10H11NO3. The summed E-state index contributed by atoms with van der Waals surface area (Å²) in [6.07, 6.45) is 0. The number of ether oxygens (including phenoxy) is 1. The first kappa shape index (κ1) is 10.2. The standard InChI is InChI=1S/C10H11NO3/c1-2-14-9(11)7-5-3-4-6-8(7)10(12)13/h3-6,11H,2H2,1H3,(H,12,13). The normalized spacial score (nSPS) is 9.50. The van der Waals surface area contributed by atoms with Crippen LogP contribution >= 0.6 is 0 Å². The van der Waals surface area contributed by atoms with Gasteiger partial charge in [0.1, 0.15) is 0 Å². The van der Waals surface area contributed by atoms with Crippen LogP contribution in [0, 0.1) is 5.41 Å². The highest BCUT2D eigenvalue weighted by molar-refractivity contribution is 6.03. The Labute approximate surface area is 81.6 Å². The number of aromatic carboxylic acids is 1. The number of hydrogen-bond acceptors (Lipinski definition) is 3. The van der Waals surface area contributed by atoms with Crippen LogP contribution in [0.5, 0.6) is 0 Å². The van der Waals surface area contributed by atoms with E-state index in [1.165, 1.54) is 6.07 Å². The van der Waals surface area contributed by atoms with Crippen molar-refractivity contribution in [2.75, 3.05) is 6.61 Å². The number of carboxylic acid groups (broad SMARTS) is 1. The Kier molecular flexibility index (Phi) is 3.23. The molecule has 14 heavy (non-hydrogen) atoms. The zero-order valence-electron chi connectivity index (χ0n) is 7.78. The smallest absolute Gasteiger partial charge is 0.336 e. The molecule has 0 fully saturated rings. The van der Waals surface area contributed by atoms with Crippen molar-refractivity contribution in [2.24, 2.45) is 0 Å². The Morgan fingerprint density at radius 2 is 2.00 bits per heavy atom. The predicted molar refractivity (Wildman–Crippen MR) is 51.9 cm³/mol. The van der Waals surface area contributed by atoms with E-state index >= 15 is 0 Å². The molecule has 0 bridgehead atoms. The summed E-state index contributed by atoms with van der Waals surface area (Å²) in [5.74, 6) is -1.16. The summed E-state index contributed by atoms with van der Waals surface area (Å²) >= 11 is 0. The molecule has 0 atom stereocenters. The van der Waals surface area contributed by atoms with Gasteiger partial charge in [0.05, 0.1) is 17.7 Å². The Morgan fingerprint density at radius 3 is 2.50 bits per heavy atom. The van der Waals surface area contributed by atoms with Crippen molar-refractivity contribution < 1.29 is 14.6 Å². The highest BCUT2D eigenvalue weighted by atomic mass is 16.5. The molecule has 0 saturated carbocycles. The zero-order chi connectivity index (χ0) is 10.6. The first-order chi connectivity index (χ1) is 6.66. The van der Waals surface area contributed by atoms with E-state index in [0.29, 0.717) is 12.2 Å². The minimum atomic E-state index is -1.05. The van der Waals surface area contributed by atoms with Crippen molar-refractivity contribution in [1.82, 2.24) is 0 Å². The lowest BCUT2D eigenvalue weighted by atomic mass is 10.1. The molecule has 0 amide bonds. The maximum atomic E-state index is 10.8. The number of hydrogen-bond donors (Lipinski definition) is 2. The molecule has 0 aliphatic rings. The van der Waals surface area contributed by atoms with E-state index in [9.17, 15) is 4.79 Å². The summed E-state index contributed by atoms with van der Waals surface area (Å²) < 4.78 is 4.94. The van der Waals surface area contributed by atoms with Gasteiger partial charge in [-0.1, -0.05) is 12.1 Å². The van der Waals surface area contributed by atoms with Crippen LogP contribution in [-0.2, 0) is 4.74 Å². The average Bonchev–Trinajstić information content (AvgIpc) is 2.18. The van der Waals surface area contributed by atoms with Gasteiger partial charge in [-0.15, -0.1) is 0 Å². The summed E-state index contributed by atoms with van der Waals surface area (Å²) in [7, 11) is 0. The number of rotatable bonds is 3. The second-order valence-corrected chi connectivity index (χ2v) is 2.61. The molecule has 4 nitrogen and oxygen atoms in total. The molecule has 0 aromatic heterocycles. The van der Waals surface area contributed by atoms with Gasteiger partial charge in [0, 0.05) is 0 Å². The van der Waals surface area contributed by atoms with Crippen molar-refractivity contribution in [3.05, 3.63) is 35.4 Å². The molecule has 0 radical (unpaired) electrons. The lowest BCUT2D eigenvalue weighted by Crippen LogP contribution is -2.11. The molecule has 0 aliphatic carbocycles. The lowest BCUT2D eigenvalue weighted by molar-refractivity contribution is 0.0696. The SMILES string of the molecule is CCOC(=N)c1ccccc1C(=O)O. The van der Waals surface area contributed by atoms with Crippen LogP contribution in [0.3, 0.4) is 0 Å². The number of benzene rings is 1. The molecule has 2 N–H and O–H groups in total. The van der Waals surface area contributed by atoms with Gasteiger partial charge in [-0.25, -0.2) is 4.79 Å². The summed E-state index contributed by atoms with van der Waals surface area (Å²) in [5.41, 5.74) is 0.396. The molecule has 4 heteroatoms. The van der Waals surface area contributed by atoms with Gasteiger partial charge < -0.3 is 9.84 Å². The summed E-state index contributed by atoms with van der Waals surface area (Å²) in [5, 5.41) is 16.3. The van der Waals surface area contributed by atoms with Crippen LogP contribution in [-0.4, -0.2) is 23.6 Å². The summed E-state index contributed by atoms with van der Waals surface area (Å²) in [6, 6.07) is 6.30. The largest absolute Gasteiger partial charge is 0.478 e. The van der Waals surface area contributed by atoms with Gasteiger partial charge in [-0.05, 0) is 19.1 Å². The summed E-state index contributed by atoms with van der Waals surface area (Å²) in [6.45, 7) is 2.10. The quantitative estimate of drug-likeness (QED) is 0.567. The van der Waals surface area contributed by atoms with Gasteiger partial charge in [0.25, 0.3) is 0 Å². The van der Waals surface area contributed by atoms with Crippen LogP contribution in [0.15, 0.2) is 24.3 Å². The number of carboxylic acids is 1. The molecule has 0 saturated heterocycles. The minimum Gasteiger partial charge on any atom is -0.478 e. The molecule has 0 spiro atoms. The van der Waals surface area contributed by atoms with E-state index in [4.69, 9.17) is 15.3 Å². The van der Waals surface area contributed by atoms with E-state index in [1.54, 1.807) is 25.1 Å². The van der Waals surface area contributed by atoms with Crippen molar-refractivity contribution in [3.63, 3.8) is 0 Å². The fourth-order valence-electron chi connectivity index (χ4n) is 1.09. The molecule has 1 aromatic carbocycles. The molecular weight excluding hydrogens is 182 g/mol. The topological polar surface area (TPSA) is 70.4 Å². The fourth-order valence-corrected chi connectivity index (χ4v) is 1.09. The van der Waals surface area contributed by atoms with E-state index in [-0.39, 0.29) is 11.5 Å². The van der Waals surface area contributed by atoms with Crippen LogP contribution in [0.1, 0.15) is 22.8 Å². The van der Waals surface area contributed by atoms with Crippen LogP contribution < -0.4 is 0 Å². The summed E-state index contributed by atoms with van der Waals surface area (Å²) in [4.78, 5) is 10.8. The highest BCUT2D eigenvalue weighted by Gasteiger charge is 2.13. The predicted octanol–water partition coefficient (Wildman–Crippen LogP) is 1.75.